The minimum absolute atomic E-state index is 0.00941. The summed E-state index contributed by atoms with van der Waals surface area (Å²) in [6.07, 6.45) is 4.47. The van der Waals surface area contributed by atoms with Crippen LogP contribution in [0, 0.1) is 12.8 Å². The molecule has 1 aliphatic rings. The van der Waals surface area contributed by atoms with Crippen LogP contribution in [0.2, 0.25) is 0 Å². The summed E-state index contributed by atoms with van der Waals surface area (Å²) in [5.74, 6) is 0.524. The van der Waals surface area contributed by atoms with E-state index in [4.69, 9.17) is 5.73 Å². The molecule has 20 heavy (non-hydrogen) atoms. The number of hydrogen-bond acceptors (Lipinski definition) is 3. The molecular weight excluding hydrogens is 250 g/mol. The van der Waals surface area contributed by atoms with Crippen LogP contribution >= 0.6 is 0 Å². The third kappa shape index (κ3) is 2.65. The number of pyridine rings is 1. The molecule has 0 bridgehead atoms. The van der Waals surface area contributed by atoms with Crippen molar-refractivity contribution in [3.05, 3.63) is 36.0 Å². The van der Waals surface area contributed by atoms with Gasteiger partial charge < -0.3 is 11.1 Å². The lowest BCUT2D eigenvalue weighted by Gasteiger charge is -2.12. The molecule has 0 radical (unpaired) electrons. The second-order valence-electron chi connectivity index (χ2n) is 5.58. The van der Waals surface area contributed by atoms with E-state index in [1.807, 2.05) is 31.2 Å². The number of nitrogens with zero attached hydrogens (tertiary/aromatic N) is 1. The van der Waals surface area contributed by atoms with Crippen LogP contribution in [0.15, 0.2) is 30.5 Å². The number of amides is 1. The summed E-state index contributed by atoms with van der Waals surface area (Å²) in [7, 11) is 0. The average molecular weight is 269 g/mol. The third-order valence-electron chi connectivity index (χ3n) is 3.89. The summed E-state index contributed by atoms with van der Waals surface area (Å²) in [6.45, 7) is 2.02. The molecule has 4 heteroatoms. The number of benzene rings is 1. The third-order valence-corrected chi connectivity index (χ3v) is 3.89. The smallest absolute Gasteiger partial charge is 0.225 e. The predicted octanol–water partition coefficient (Wildman–Crippen LogP) is 2.61. The lowest BCUT2D eigenvalue weighted by Crippen LogP contribution is -2.28. The van der Waals surface area contributed by atoms with Crippen molar-refractivity contribution in [3.8, 4) is 0 Å². The van der Waals surface area contributed by atoms with Crippen LogP contribution in [0.3, 0.4) is 0 Å². The van der Waals surface area contributed by atoms with Gasteiger partial charge in [0.2, 0.25) is 5.91 Å². The quantitative estimate of drug-likeness (QED) is 0.896. The monoisotopic (exact) mass is 269 g/mol. The van der Waals surface area contributed by atoms with Gasteiger partial charge in [-0.1, -0.05) is 6.07 Å². The molecule has 0 aliphatic heterocycles. The molecule has 2 aromatic rings. The minimum atomic E-state index is -0.0154. The Morgan fingerprint density at radius 3 is 3.00 bits per heavy atom. The number of nitrogens with one attached hydrogen (secondary N) is 1. The van der Waals surface area contributed by atoms with E-state index in [0.29, 0.717) is 12.3 Å². The van der Waals surface area contributed by atoms with Crippen LogP contribution < -0.4 is 11.1 Å². The van der Waals surface area contributed by atoms with E-state index in [-0.39, 0.29) is 11.9 Å². The standard InChI is InChI=1S/C16H19N3O/c1-10-4-7-14(12-3-2-8-18-16(10)12)19-15(20)9-13(17)11-5-6-11/h2-4,7-8,11,13H,5-6,9,17H2,1H3,(H,19,20). The topological polar surface area (TPSA) is 68.0 Å². The summed E-state index contributed by atoms with van der Waals surface area (Å²) >= 11 is 0. The van der Waals surface area contributed by atoms with Gasteiger partial charge in [0.1, 0.15) is 0 Å². The van der Waals surface area contributed by atoms with Gasteiger partial charge in [-0.05, 0) is 49.4 Å². The van der Waals surface area contributed by atoms with Crippen molar-refractivity contribution in [2.45, 2.75) is 32.2 Å². The van der Waals surface area contributed by atoms with Crippen molar-refractivity contribution >= 4 is 22.5 Å². The maximum absolute atomic E-state index is 12.1. The Morgan fingerprint density at radius 1 is 1.45 bits per heavy atom. The number of carbonyl (C=O) groups excluding carboxylic acids is 1. The average Bonchev–Trinajstić information content (AvgIpc) is 3.27. The van der Waals surface area contributed by atoms with Gasteiger partial charge in [-0.3, -0.25) is 9.78 Å². The van der Waals surface area contributed by atoms with Gasteiger partial charge in [0.05, 0.1) is 11.2 Å². The van der Waals surface area contributed by atoms with Crippen molar-refractivity contribution in [1.29, 1.82) is 0 Å². The predicted molar refractivity (Wildman–Crippen MR) is 80.4 cm³/mol. The number of aromatic nitrogens is 1. The van der Waals surface area contributed by atoms with Gasteiger partial charge in [0.25, 0.3) is 0 Å². The number of carbonyl (C=O) groups is 1. The Morgan fingerprint density at radius 2 is 2.25 bits per heavy atom. The Labute approximate surface area is 118 Å². The van der Waals surface area contributed by atoms with Crippen molar-refractivity contribution in [3.63, 3.8) is 0 Å². The molecule has 104 valence electrons. The van der Waals surface area contributed by atoms with E-state index in [1.165, 1.54) is 0 Å². The molecule has 1 atom stereocenters. The first-order chi connectivity index (χ1) is 9.65. The van der Waals surface area contributed by atoms with E-state index in [9.17, 15) is 4.79 Å². The Hall–Kier alpha value is -1.94. The van der Waals surface area contributed by atoms with Crippen molar-refractivity contribution < 1.29 is 4.79 Å². The van der Waals surface area contributed by atoms with Gasteiger partial charge >= 0.3 is 0 Å². The van der Waals surface area contributed by atoms with Crippen LogP contribution in [0.1, 0.15) is 24.8 Å². The second-order valence-corrected chi connectivity index (χ2v) is 5.58. The maximum Gasteiger partial charge on any atom is 0.225 e. The molecule has 1 fully saturated rings. The normalized spacial score (nSPS) is 16.1. The zero-order valence-electron chi connectivity index (χ0n) is 11.6. The Kier molecular flexibility index (Phi) is 3.40. The molecule has 1 aromatic carbocycles. The van der Waals surface area contributed by atoms with Crippen LogP contribution in [-0.2, 0) is 4.79 Å². The fourth-order valence-corrected chi connectivity index (χ4v) is 2.53. The number of rotatable bonds is 4. The molecule has 1 aliphatic carbocycles. The first-order valence-electron chi connectivity index (χ1n) is 7.05. The van der Waals surface area contributed by atoms with E-state index in [2.05, 4.69) is 10.3 Å². The van der Waals surface area contributed by atoms with Crippen LogP contribution in [-0.4, -0.2) is 16.9 Å². The van der Waals surface area contributed by atoms with E-state index in [1.54, 1.807) is 6.20 Å². The molecule has 1 heterocycles. The lowest BCUT2D eigenvalue weighted by atomic mass is 10.1. The fraction of sp³-hybridized carbons (Fsp3) is 0.375. The van der Waals surface area contributed by atoms with Crippen LogP contribution in [0.5, 0.6) is 0 Å². The highest BCUT2D eigenvalue weighted by atomic mass is 16.1. The largest absolute Gasteiger partial charge is 0.327 e. The summed E-state index contributed by atoms with van der Waals surface area (Å²) in [5, 5.41) is 3.94. The second kappa shape index (κ2) is 5.21. The Bertz CT molecular complexity index is 649. The van der Waals surface area contributed by atoms with Gasteiger partial charge in [-0.15, -0.1) is 0 Å². The van der Waals surface area contributed by atoms with E-state index >= 15 is 0 Å². The highest BCUT2D eigenvalue weighted by Crippen LogP contribution is 2.33. The molecule has 1 amide bonds. The molecule has 3 rings (SSSR count). The number of aryl methyl sites for hydroxylation is 1. The van der Waals surface area contributed by atoms with Crippen LogP contribution in [0.4, 0.5) is 5.69 Å². The molecule has 4 nitrogen and oxygen atoms in total. The molecule has 1 unspecified atom stereocenters. The molecular formula is C16H19N3O. The molecule has 3 N–H and O–H groups in total. The molecule has 0 spiro atoms. The highest BCUT2D eigenvalue weighted by Gasteiger charge is 2.29. The van der Waals surface area contributed by atoms with Gasteiger partial charge in [-0.25, -0.2) is 0 Å². The van der Waals surface area contributed by atoms with E-state index < -0.39 is 0 Å². The Balaban J connectivity index is 1.80. The van der Waals surface area contributed by atoms with Crippen molar-refractivity contribution in [2.24, 2.45) is 11.7 Å². The lowest BCUT2D eigenvalue weighted by molar-refractivity contribution is -0.116. The summed E-state index contributed by atoms with van der Waals surface area (Å²) < 4.78 is 0. The van der Waals surface area contributed by atoms with E-state index in [0.717, 1.165) is 35.0 Å². The summed E-state index contributed by atoms with van der Waals surface area (Å²) in [6, 6.07) is 7.76. The summed E-state index contributed by atoms with van der Waals surface area (Å²) in [4.78, 5) is 16.4. The van der Waals surface area contributed by atoms with Gasteiger partial charge in [0, 0.05) is 24.0 Å². The van der Waals surface area contributed by atoms with Crippen molar-refractivity contribution in [1.82, 2.24) is 4.98 Å². The first kappa shape index (κ1) is 13.1. The number of fused-ring (bicyclic) bond motifs is 1. The minimum Gasteiger partial charge on any atom is -0.327 e. The van der Waals surface area contributed by atoms with Crippen LogP contribution in [0.25, 0.3) is 10.9 Å². The molecule has 0 saturated heterocycles. The summed E-state index contributed by atoms with van der Waals surface area (Å²) in [5.41, 5.74) is 8.84. The fourth-order valence-electron chi connectivity index (χ4n) is 2.53. The number of anilines is 1. The zero-order valence-corrected chi connectivity index (χ0v) is 11.6. The first-order valence-corrected chi connectivity index (χ1v) is 7.05. The highest BCUT2D eigenvalue weighted by molar-refractivity contribution is 6.01. The molecule has 1 saturated carbocycles. The maximum atomic E-state index is 12.1. The zero-order chi connectivity index (χ0) is 14.1. The van der Waals surface area contributed by atoms with Gasteiger partial charge in [0.15, 0.2) is 0 Å². The number of nitrogens with two attached hydrogens (primary N) is 1. The SMILES string of the molecule is Cc1ccc(NC(=O)CC(N)C2CC2)c2cccnc12. The van der Waals surface area contributed by atoms with Gasteiger partial charge in [-0.2, -0.15) is 0 Å². The molecule has 1 aromatic heterocycles. The number of hydrogen-bond donors (Lipinski definition) is 2. The van der Waals surface area contributed by atoms with Crippen molar-refractivity contribution in [2.75, 3.05) is 5.32 Å².